The number of fused-ring (bicyclic) bond motifs is 1. The molecule has 2 amide bonds. The molecule has 4 fully saturated rings. The molecule has 4 aliphatic rings. The first kappa shape index (κ1) is 19.1. The van der Waals surface area contributed by atoms with Crippen LogP contribution in [0.1, 0.15) is 32.1 Å². The van der Waals surface area contributed by atoms with E-state index < -0.39 is 20.9 Å². The van der Waals surface area contributed by atoms with Gasteiger partial charge in [0.15, 0.2) is 0 Å². The molecule has 8 nitrogen and oxygen atoms in total. The van der Waals surface area contributed by atoms with Crippen molar-refractivity contribution in [2.75, 3.05) is 46.0 Å². The van der Waals surface area contributed by atoms with Gasteiger partial charge in [-0.1, -0.05) is 0 Å². The number of aliphatic hydroxyl groups excluding tert-OH is 1. The first-order valence-electron chi connectivity index (χ1n) is 9.76. The number of amides is 2. The van der Waals surface area contributed by atoms with Gasteiger partial charge < -0.3 is 14.9 Å². The van der Waals surface area contributed by atoms with Crippen molar-refractivity contribution in [3.05, 3.63) is 0 Å². The Morgan fingerprint density at radius 3 is 2.22 bits per heavy atom. The fourth-order valence-corrected chi connectivity index (χ4v) is 6.60. The summed E-state index contributed by atoms with van der Waals surface area (Å²) in [7, 11) is -1.59. The molecule has 3 heterocycles. The molecule has 4 rings (SSSR count). The van der Waals surface area contributed by atoms with Crippen LogP contribution in [0.25, 0.3) is 0 Å². The van der Waals surface area contributed by atoms with Crippen LogP contribution in [-0.2, 0) is 19.6 Å². The van der Waals surface area contributed by atoms with Crippen LogP contribution in [0.15, 0.2) is 0 Å². The SMILES string of the molecule is CN1CCC2(CN(S(C)(=O)=O)CC23CCN(C(=O)C2CC(O)C2)CC3)C1=O. The molecule has 152 valence electrons. The van der Waals surface area contributed by atoms with Crippen LogP contribution in [0.5, 0.6) is 0 Å². The van der Waals surface area contributed by atoms with Gasteiger partial charge >= 0.3 is 0 Å². The molecular formula is C18H29N3O5S. The summed E-state index contributed by atoms with van der Waals surface area (Å²) < 4.78 is 26.0. The van der Waals surface area contributed by atoms with Crippen LogP contribution >= 0.6 is 0 Å². The van der Waals surface area contributed by atoms with Gasteiger partial charge in [-0.15, -0.1) is 0 Å². The van der Waals surface area contributed by atoms with E-state index in [0.29, 0.717) is 58.3 Å². The molecule has 27 heavy (non-hydrogen) atoms. The number of carbonyl (C=O) groups excluding carboxylic acids is 2. The molecule has 0 bridgehead atoms. The molecule has 3 aliphatic heterocycles. The van der Waals surface area contributed by atoms with E-state index in [2.05, 4.69) is 0 Å². The smallest absolute Gasteiger partial charge is 0.230 e. The highest BCUT2D eigenvalue weighted by Crippen LogP contribution is 2.58. The molecule has 1 unspecified atom stereocenters. The highest BCUT2D eigenvalue weighted by Gasteiger charge is 2.66. The normalized spacial score (nSPS) is 36.6. The number of likely N-dealkylation sites (tertiary alicyclic amines) is 2. The lowest BCUT2D eigenvalue weighted by atomic mass is 9.60. The molecule has 0 aromatic rings. The van der Waals surface area contributed by atoms with E-state index in [1.807, 2.05) is 4.90 Å². The third-order valence-corrected chi connectivity index (χ3v) is 8.73. The molecule has 2 spiro atoms. The average Bonchev–Trinajstić information content (AvgIpc) is 3.06. The summed E-state index contributed by atoms with van der Waals surface area (Å²) in [6, 6.07) is 0. The topological polar surface area (TPSA) is 98.2 Å². The third kappa shape index (κ3) is 2.81. The lowest BCUT2D eigenvalue weighted by Gasteiger charge is -2.48. The van der Waals surface area contributed by atoms with E-state index in [-0.39, 0.29) is 30.4 Å². The molecular weight excluding hydrogens is 370 g/mol. The summed E-state index contributed by atoms with van der Waals surface area (Å²) in [4.78, 5) is 29.3. The van der Waals surface area contributed by atoms with Gasteiger partial charge in [0.05, 0.1) is 17.8 Å². The van der Waals surface area contributed by atoms with Crippen LogP contribution < -0.4 is 0 Å². The second-order valence-corrected chi connectivity index (χ2v) is 11.0. The predicted molar refractivity (Wildman–Crippen MR) is 98.1 cm³/mol. The van der Waals surface area contributed by atoms with Gasteiger partial charge in [-0.25, -0.2) is 12.7 Å². The minimum Gasteiger partial charge on any atom is -0.393 e. The Morgan fingerprint density at radius 1 is 1.11 bits per heavy atom. The molecule has 3 saturated heterocycles. The summed E-state index contributed by atoms with van der Waals surface area (Å²) in [5, 5.41) is 9.46. The molecule has 9 heteroatoms. The lowest BCUT2D eigenvalue weighted by molar-refractivity contribution is -0.148. The zero-order valence-electron chi connectivity index (χ0n) is 16.1. The molecule has 0 aromatic heterocycles. The Kier molecular flexibility index (Phi) is 4.36. The fourth-order valence-electron chi connectivity index (χ4n) is 5.66. The molecule has 1 atom stereocenters. The standard InChI is InChI=1S/C18H29N3O5S/c1-19-6-5-18(16(19)24)12-21(27(2,25)26)11-17(18)3-7-20(8-4-17)15(23)13-9-14(22)10-13/h13-14,22H,3-12H2,1-2H3. The summed E-state index contributed by atoms with van der Waals surface area (Å²) >= 11 is 0. The second-order valence-electron chi connectivity index (χ2n) is 9.02. The predicted octanol–water partition coefficient (Wildman–Crippen LogP) is -0.510. The van der Waals surface area contributed by atoms with E-state index in [1.165, 1.54) is 10.6 Å². The van der Waals surface area contributed by atoms with Gasteiger partial charge in [-0.05, 0) is 32.1 Å². The summed E-state index contributed by atoms with van der Waals surface area (Å²) in [6.45, 7) is 2.40. The lowest BCUT2D eigenvalue weighted by Crippen LogP contribution is -2.55. The van der Waals surface area contributed by atoms with Crippen LogP contribution in [0.4, 0.5) is 0 Å². The Labute approximate surface area is 160 Å². The summed E-state index contributed by atoms with van der Waals surface area (Å²) in [6.07, 6.45) is 3.91. The highest BCUT2D eigenvalue weighted by molar-refractivity contribution is 7.88. The first-order chi connectivity index (χ1) is 12.6. The maximum Gasteiger partial charge on any atom is 0.230 e. The zero-order chi connectivity index (χ0) is 19.6. The van der Waals surface area contributed by atoms with Gasteiger partial charge in [0.25, 0.3) is 0 Å². The molecule has 1 aliphatic carbocycles. The number of hydrogen-bond donors (Lipinski definition) is 1. The Morgan fingerprint density at radius 2 is 1.74 bits per heavy atom. The van der Waals surface area contributed by atoms with Crippen molar-refractivity contribution in [1.82, 2.24) is 14.1 Å². The van der Waals surface area contributed by atoms with Crippen molar-refractivity contribution in [2.45, 2.75) is 38.2 Å². The number of aliphatic hydroxyl groups is 1. The van der Waals surface area contributed by atoms with Crippen molar-refractivity contribution in [1.29, 1.82) is 0 Å². The van der Waals surface area contributed by atoms with Crippen molar-refractivity contribution < 1.29 is 23.1 Å². The second kappa shape index (κ2) is 6.15. The minimum absolute atomic E-state index is 0.0514. The van der Waals surface area contributed by atoms with Crippen molar-refractivity contribution in [2.24, 2.45) is 16.7 Å². The first-order valence-corrected chi connectivity index (χ1v) is 11.6. The highest BCUT2D eigenvalue weighted by atomic mass is 32.2. The van der Waals surface area contributed by atoms with Crippen LogP contribution in [0.3, 0.4) is 0 Å². The number of nitrogens with zero attached hydrogens (tertiary/aromatic N) is 3. The molecule has 0 radical (unpaired) electrons. The Balaban J connectivity index is 1.56. The molecule has 1 N–H and O–H groups in total. The Bertz CT molecular complexity index is 755. The Hall–Kier alpha value is -1.19. The van der Waals surface area contributed by atoms with E-state index in [9.17, 15) is 23.1 Å². The zero-order valence-corrected chi connectivity index (χ0v) is 16.9. The van der Waals surface area contributed by atoms with Crippen molar-refractivity contribution in [3.8, 4) is 0 Å². The largest absolute Gasteiger partial charge is 0.393 e. The quantitative estimate of drug-likeness (QED) is 0.674. The number of carbonyl (C=O) groups is 2. The van der Waals surface area contributed by atoms with Gasteiger partial charge in [-0.2, -0.15) is 0 Å². The summed E-state index contributed by atoms with van der Waals surface area (Å²) in [5.41, 5.74) is -1.06. The average molecular weight is 400 g/mol. The van der Waals surface area contributed by atoms with E-state index >= 15 is 0 Å². The number of sulfonamides is 1. The van der Waals surface area contributed by atoms with E-state index in [4.69, 9.17) is 0 Å². The van der Waals surface area contributed by atoms with E-state index in [1.54, 1.807) is 11.9 Å². The number of rotatable bonds is 2. The monoisotopic (exact) mass is 399 g/mol. The van der Waals surface area contributed by atoms with Crippen LogP contribution in [0.2, 0.25) is 0 Å². The number of piperidine rings is 1. The van der Waals surface area contributed by atoms with E-state index in [0.717, 1.165) is 0 Å². The van der Waals surface area contributed by atoms with Gasteiger partial charge in [0.2, 0.25) is 21.8 Å². The van der Waals surface area contributed by atoms with Crippen molar-refractivity contribution >= 4 is 21.8 Å². The maximum absolute atomic E-state index is 13.1. The van der Waals surface area contributed by atoms with Crippen LogP contribution in [-0.4, -0.2) is 91.6 Å². The number of hydrogen-bond acceptors (Lipinski definition) is 5. The third-order valence-electron chi connectivity index (χ3n) is 7.53. The van der Waals surface area contributed by atoms with Gasteiger partial charge in [0.1, 0.15) is 0 Å². The molecule has 0 aromatic carbocycles. The summed E-state index contributed by atoms with van der Waals surface area (Å²) in [5.74, 6) is 0.0610. The van der Waals surface area contributed by atoms with Crippen LogP contribution in [0, 0.1) is 16.7 Å². The van der Waals surface area contributed by atoms with Gasteiger partial charge in [0, 0.05) is 51.1 Å². The fraction of sp³-hybridized carbons (Fsp3) is 0.889. The maximum atomic E-state index is 13.1. The minimum atomic E-state index is -3.37. The van der Waals surface area contributed by atoms with Gasteiger partial charge in [-0.3, -0.25) is 9.59 Å². The van der Waals surface area contributed by atoms with Crippen molar-refractivity contribution in [3.63, 3.8) is 0 Å². The molecule has 1 saturated carbocycles.